The molecule has 1 fully saturated rings. The van der Waals surface area contributed by atoms with Gasteiger partial charge >= 0.3 is 0 Å². The lowest BCUT2D eigenvalue weighted by atomic mass is 10.1. The third kappa shape index (κ3) is 3.05. The van der Waals surface area contributed by atoms with E-state index in [9.17, 15) is 4.79 Å². The summed E-state index contributed by atoms with van der Waals surface area (Å²) in [6, 6.07) is 9.26. The number of aryl methyl sites for hydroxylation is 2. The van der Waals surface area contributed by atoms with Crippen LogP contribution in [0.1, 0.15) is 23.2 Å². The van der Waals surface area contributed by atoms with Crippen LogP contribution in [0.4, 0.5) is 0 Å². The van der Waals surface area contributed by atoms with Crippen LogP contribution < -0.4 is 4.74 Å². The molecule has 0 unspecified atom stereocenters. The van der Waals surface area contributed by atoms with Gasteiger partial charge in [-0.3, -0.25) is 9.48 Å². The highest BCUT2D eigenvalue weighted by molar-refractivity contribution is 5.93. The van der Waals surface area contributed by atoms with Crippen LogP contribution in [0.25, 0.3) is 11.5 Å². The summed E-state index contributed by atoms with van der Waals surface area (Å²) < 4.78 is 12.9. The highest BCUT2D eigenvalue weighted by Gasteiger charge is 2.34. The first-order valence-electron chi connectivity index (χ1n) is 8.52. The fourth-order valence-electron chi connectivity index (χ4n) is 2.92. The molecule has 0 radical (unpaired) electrons. The zero-order chi connectivity index (χ0) is 18.1. The number of likely N-dealkylation sites (tertiary alicyclic amines) is 1. The average molecular weight is 353 g/mol. The molecule has 1 aliphatic heterocycles. The maximum Gasteiger partial charge on any atom is 0.272 e. The van der Waals surface area contributed by atoms with Crippen molar-refractivity contribution in [3.8, 4) is 17.2 Å². The topological polar surface area (TPSA) is 86.3 Å². The molecular weight excluding hydrogens is 334 g/mol. The van der Waals surface area contributed by atoms with Gasteiger partial charge in [0.2, 0.25) is 0 Å². The normalized spacial score (nSPS) is 14.3. The van der Waals surface area contributed by atoms with E-state index >= 15 is 0 Å². The van der Waals surface area contributed by atoms with Crippen molar-refractivity contribution >= 4 is 5.91 Å². The Balaban J connectivity index is 1.38. The highest BCUT2D eigenvalue weighted by Crippen LogP contribution is 2.25. The van der Waals surface area contributed by atoms with Crippen molar-refractivity contribution < 1.29 is 14.1 Å². The predicted octanol–water partition coefficient (Wildman–Crippen LogP) is 2.16. The molecule has 0 atom stereocenters. The Morgan fingerprint density at radius 3 is 2.92 bits per heavy atom. The second kappa shape index (κ2) is 6.62. The molecule has 134 valence electrons. The quantitative estimate of drug-likeness (QED) is 0.699. The number of aromatic nitrogens is 4. The van der Waals surface area contributed by atoms with Gasteiger partial charge in [-0.05, 0) is 38.1 Å². The van der Waals surface area contributed by atoms with E-state index in [2.05, 4.69) is 15.2 Å². The molecule has 26 heavy (non-hydrogen) atoms. The molecule has 3 heterocycles. The number of carbonyl (C=O) groups excluding carboxylic acids is 1. The van der Waals surface area contributed by atoms with Crippen LogP contribution in [0.3, 0.4) is 0 Å². The van der Waals surface area contributed by atoms with Crippen LogP contribution in [-0.4, -0.2) is 49.9 Å². The zero-order valence-electron chi connectivity index (χ0n) is 14.6. The zero-order valence-corrected chi connectivity index (χ0v) is 14.6. The van der Waals surface area contributed by atoms with E-state index in [0.29, 0.717) is 42.8 Å². The number of benzene rings is 1. The third-order valence-electron chi connectivity index (χ3n) is 4.28. The van der Waals surface area contributed by atoms with Crippen molar-refractivity contribution in [1.29, 1.82) is 0 Å². The summed E-state index contributed by atoms with van der Waals surface area (Å²) in [4.78, 5) is 18.5. The van der Waals surface area contributed by atoms with E-state index in [-0.39, 0.29) is 12.0 Å². The summed E-state index contributed by atoms with van der Waals surface area (Å²) >= 11 is 0. The van der Waals surface area contributed by atoms with Crippen molar-refractivity contribution in [2.24, 2.45) is 0 Å². The van der Waals surface area contributed by atoms with Gasteiger partial charge in [-0.15, -0.1) is 0 Å². The highest BCUT2D eigenvalue weighted by atomic mass is 16.5. The van der Waals surface area contributed by atoms with Gasteiger partial charge in [-0.1, -0.05) is 11.2 Å². The number of nitrogens with zero attached hydrogens (tertiary/aromatic N) is 5. The third-order valence-corrected chi connectivity index (χ3v) is 4.28. The van der Waals surface area contributed by atoms with Gasteiger partial charge in [0.05, 0.1) is 13.1 Å². The van der Waals surface area contributed by atoms with Gasteiger partial charge in [0, 0.05) is 18.3 Å². The molecule has 0 bridgehead atoms. The lowest BCUT2D eigenvalue weighted by Gasteiger charge is -2.38. The molecule has 8 nitrogen and oxygen atoms in total. The number of amides is 1. The minimum Gasteiger partial charge on any atom is -0.487 e. The molecule has 8 heteroatoms. The van der Waals surface area contributed by atoms with Crippen LogP contribution in [0.15, 0.2) is 41.1 Å². The van der Waals surface area contributed by atoms with E-state index in [1.54, 1.807) is 28.8 Å². The SMILES string of the molecule is CCn1nccc1C(=O)N1CC(Oc2cccc(-c3nc(C)no3)c2)C1. The van der Waals surface area contributed by atoms with Crippen molar-refractivity contribution in [2.75, 3.05) is 13.1 Å². The summed E-state index contributed by atoms with van der Waals surface area (Å²) in [5, 5.41) is 7.94. The monoisotopic (exact) mass is 353 g/mol. The summed E-state index contributed by atoms with van der Waals surface area (Å²) in [7, 11) is 0. The maximum atomic E-state index is 12.5. The average Bonchev–Trinajstić information content (AvgIpc) is 3.26. The maximum absolute atomic E-state index is 12.5. The Morgan fingerprint density at radius 1 is 1.35 bits per heavy atom. The molecule has 4 rings (SSSR count). The molecule has 1 aromatic carbocycles. The number of carbonyl (C=O) groups is 1. The lowest BCUT2D eigenvalue weighted by molar-refractivity contribution is 0.0169. The standard InChI is InChI=1S/C18H19N5O3/c1-3-23-16(7-8-19-23)18(24)22-10-15(11-22)25-14-6-4-5-13(9-14)17-20-12(2)21-26-17/h4-9,15H,3,10-11H2,1-2H3. The summed E-state index contributed by atoms with van der Waals surface area (Å²) in [5.74, 6) is 1.75. The number of ether oxygens (including phenoxy) is 1. The van der Waals surface area contributed by atoms with Gasteiger partial charge < -0.3 is 14.2 Å². The van der Waals surface area contributed by atoms with Crippen LogP contribution in [-0.2, 0) is 6.54 Å². The van der Waals surface area contributed by atoms with E-state index in [4.69, 9.17) is 9.26 Å². The van der Waals surface area contributed by atoms with Gasteiger partial charge in [-0.2, -0.15) is 10.1 Å². The largest absolute Gasteiger partial charge is 0.487 e. The first-order valence-corrected chi connectivity index (χ1v) is 8.52. The minimum atomic E-state index is -0.0309. The van der Waals surface area contributed by atoms with Crippen molar-refractivity contribution in [2.45, 2.75) is 26.5 Å². The van der Waals surface area contributed by atoms with Crippen LogP contribution in [0.2, 0.25) is 0 Å². The van der Waals surface area contributed by atoms with Crippen molar-refractivity contribution in [1.82, 2.24) is 24.8 Å². The molecule has 1 aliphatic rings. The molecule has 1 saturated heterocycles. The number of rotatable bonds is 5. The molecule has 3 aromatic rings. The Morgan fingerprint density at radius 2 is 2.19 bits per heavy atom. The van der Waals surface area contributed by atoms with Gasteiger partial charge in [0.15, 0.2) is 5.82 Å². The van der Waals surface area contributed by atoms with Gasteiger partial charge in [0.1, 0.15) is 17.5 Å². The molecule has 0 saturated carbocycles. The molecule has 2 aromatic heterocycles. The first-order chi connectivity index (χ1) is 12.6. The van der Waals surface area contributed by atoms with E-state index < -0.39 is 0 Å². The molecule has 0 N–H and O–H groups in total. The Kier molecular flexibility index (Phi) is 4.16. The second-order valence-corrected chi connectivity index (χ2v) is 6.16. The molecule has 1 amide bonds. The fourth-order valence-corrected chi connectivity index (χ4v) is 2.92. The van der Waals surface area contributed by atoms with E-state index in [1.165, 1.54) is 0 Å². The summed E-state index contributed by atoms with van der Waals surface area (Å²) in [6.07, 6.45) is 1.62. The van der Waals surface area contributed by atoms with Gasteiger partial charge in [0.25, 0.3) is 11.8 Å². The van der Waals surface area contributed by atoms with E-state index in [0.717, 1.165) is 5.56 Å². The molecular formula is C18H19N5O3. The summed E-state index contributed by atoms with van der Waals surface area (Å²) in [6.45, 7) is 5.51. The first kappa shape index (κ1) is 16.3. The fraction of sp³-hybridized carbons (Fsp3) is 0.333. The van der Waals surface area contributed by atoms with Crippen molar-refractivity contribution in [3.63, 3.8) is 0 Å². The van der Waals surface area contributed by atoms with Crippen LogP contribution in [0, 0.1) is 6.92 Å². The Bertz CT molecular complexity index is 926. The predicted molar refractivity (Wildman–Crippen MR) is 92.7 cm³/mol. The Hall–Kier alpha value is -3.16. The van der Waals surface area contributed by atoms with Crippen LogP contribution >= 0.6 is 0 Å². The molecule has 0 spiro atoms. The lowest BCUT2D eigenvalue weighted by Crippen LogP contribution is -2.56. The summed E-state index contributed by atoms with van der Waals surface area (Å²) in [5.41, 5.74) is 1.42. The number of hydrogen-bond donors (Lipinski definition) is 0. The second-order valence-electron chi connectivity index (χ2n) is 6.16. The minimum absolute atomic E-state index is 0.0146. The van der Waals surface area contributed by atoms with Gasteiger partial charge in [-0.25, -0.2) is 0 Å². The van der Waals surface area contributed by atoms with Crippen LogP contribution in [0.5, 0.6) is 5.75 Å². The Labute approximate surface area is 150 Å². The smallest absolute Gasteiger partial charge is 0.272 e. The van der Waals surface area contributed by atoms with Crippen molar-refractivity contribution in [3.05, 3.63) is 48.0 Å². The number of hydrogen-bond acceptors (Lipinski definition) is 6. The van der Waals surface area contributed by atoms with E-state index in [1.807, 2.05) is 31.2 Å². The molecule has 0 aliphatic carbocycles.